The highest BCUT2D eigenvalue weighted by Gasteiger charge is 2.20. The topological polar surface area (TPSA) is 0 Å². The van der Waals surface area contributed by atoms with Gasteiger partial charge in [0.1, 0.15) is 5.69 Å². The van der Waals surface area contributed by atoms with E-state index < -0.39 is 0 Å². The zero-order valence-corrected chi connectivity index (χ0v) is 20.3. The van der Waals surface area contributed by atoms with Gasteiger partial charge in [-0.1, -0.05) is 121 Å². The summed E-state index contributed by atoms with van der Waals surface area (Å²) in [6.07, 6.45) is 21.5. The molecule has 2 aromatic carbocycles. The molecule has 2 rings (SSSR count). The lowest BCUT2D eigenvalue weighted by Crippen LogP contribution is -2.41. The van der Waals surface area contributed by atoms with Gasteiger partial charge in [0.05, 0.1) is 20.6 Å². The van der Waals surface area contributed by atoms with Gasteiger partial charge in [-0.3, -0.25) is 4.48 Å². The maximum atomic E-state index is 2.37. The lowest BCUT2D eigenvalue weighted by Gasteiger charge is -2.30. The lowest BCUT2D eigenvalue weighted by molar-refractivity contribution is 0.383. The Bertz CT molecular complexity index is 682. The van der Waals surface area contributed by atoms with E-state index in [1.165, 1.54) is 119 Å². The van der Waals surface area contributed by atoms with E-state index in [0.717, 1.165) is 4.48 Å². The van der Waals surface area contributed by atoms with Crippen molar-refractivity contribution in [3.63, 3.8) is 0 Å². The van der Waals surface area contributed by atoms with E-state index >= 15 is 0 Å². The second kappa shape index (κ2) is 14.6. The molecular weight excluding hydrogens is 362 g/mol. The van der Waals surface area contributed by atoms with Crippen LogP contribution < -0.4 is 4.48 Å². The molecule has 0 aliphatic heterocycles. The van der Waals surface area contributed by atoms with Crippen molar-refractivity contribution in [3.8, 4) is 0 Å². The minimum absolute atomic E-state index is 0.986. The predicted molar refractivity (Wildman–Crippen MR) is 137 cm³/mol. The van der Waals surface area contributed by atoms with Crippen molar-refractivity contribution in [2.75, 3.05) is 20.6 Å². The summed E-state index contributed by atoms with van der Waals surface area (Å²) in [6, 6.07) is 15.6. The first-order valence-corrected chi connectivity index (χ1v) is 13.0. The van der Waals surface area contributed by atoms with E-state index in [2.05, 4.69) is 63.5 Å². The van der Waals surface area contributed by atoms with Crippen LogP contribution in [0.15, 0.2) is 42.5 Å². The first kappa shape index (κ1) is 24.9. The van der Waals surface area contributed by atoms with Crippen LogP contribution in [0.5, 0.6) is 0 Å². The molecule has 0 saturated carbocycles. The maximum absolute atomic E-state index is 2.37. The van der Waals surface area contributed by atoms with Crippen molar-refractivity contribution in [2.45, 2.75) is 103 Å². The molecule has 0 fully saturated rings. The van der Waals surface area contributed by atoms with Gasteiger partial charge in [0.2, 0.25) is 0 Å². The van der Waals surface area contributed by atoms with Crippen LogP contribution in [-0.2, 0) is 0 Å². The molecule has 0 heterocycles. The van der Waals surface area contributed by atoms with Gasteiger partial charge in [0, 0.05) is 5.39 Å². The molecule has 0 aliphatic rings. The Labute approximate surface area is 187 Å². The van der Waals surface area contributed by atoms with Crippen molar-refractivity contribution in [2.24, 2.45) is 0 Å². The molecule has 0 saturated heterocycles. The molecule has 1 heteroatoms. The van der Waals surface area contributed by atoms with Crippen molar-refractivity contribution in [1.29, 1.82) is 0 Å². The van der Waals surface area contributed by atoms with Crippen molar-refractivity contribution in [1.82, 2.24) is 4.48 Å². The minimum Gasteiger partial charge on any atom is -0.295 e. The molecular formula is C29H48N+. The highest BCUT2D eigenvalue weighted by molar-refractivity contribution is 5.93. The van der Waals surface area contributed by atoms with Gasteiger partial charge in [0.25, 0.3) is 0 Å². The van der Waals surface area contributed by atoms with Crippen LogP contribution in [0, 0.1) is 0 Å². The molecule has 0 radical (unpaired) electrons. The molecule has 0 spiro atoms. The monoisotopic (exact) mass is 410 g/mol. The van der Waals surface area contributed by atoms with Crippen LogP contribution in [0.4, 0.5) is 5.69 Å². The summed E-state index contributed by atoms with van der Waals surface area (Å²) in [7, 11) is 4.73. The Morgan fingerprint density at radius 1 is 0.533 bits per heavy atom. The zero-order chi connectivity index (χ0) is 21.5. The fourth-order valence-electron chi connectivity index (χ4n) is 4.74. The van der Waals surface area contributed by atoms with Crippen molar-refractivity contribution >= 4 is 16.5 Å². The molecule has 0 aliphatic carbocycles. The molecule has 30 heavy (non-hydrogen) atoms. The minimum atomic E-state index is 0.986. The van der Waals surface area contributed by atoms with Crippen LogP contribution in [0.25, 0.3) is 10.8 Å². The average Bonchev–Trinajstić information content (AvgIpc) is 2.76. The molecule has 2 aromatic rings. The summed E-state index contributed by atoms with van der Waals surface area (Å²) < 4.78 is 0.986. The van der Waals surface area contributed by atoms with E-state index in [4.69, 9.17) is 0 Å². The first-order valence-electron chi connectivity index (χ1n) is 13.0. The summed E-state index contributed by atoms with van der Waals surface area (Å²) in [6.45, 7) is 3.53. The number of hydrogen-bond acceptors (Lipinski definition) is 0. The summed E-state index contributed by atoms with van der Waals surface area (Å²) in [5, 5.41) is 2.77. The third-order valence-corrected chi connectivity index (χ3v) is 6.74. The fraction of sp³-hybridized carbons (Fsp3) is 0.655. The van der Waals surface area contributed by atoms with Crippen LogP contribution in [0.2, 0.25) is 0 Å². The van der Waals surface area contributed by atoms with Gasteiger partial charge in [0.15, 0.2) is 0 Å². The molecule has 0 atom stereocenters. The number of quaternary nitrogens is 1. The summed E-state index contributed by atoms with van der Waals surface area (Å²) in [5.74, 6) is 0. The van der Waals surface area contributed by atoms with Crippen molar-refractivity contribution in [3.05, 3.63) is 42.5 Å². The number of fused-ring (bicyclic) bond motifs is 1. The smallest absolute Gasteiger partial charge is 0.140 e. The van der Waals surface area contributed by atoms with Gasteiger partial charge in [-0.15, -0.1) is 0 Å². The molecule has 0 bridgehead atoms. The fourth-order valence-corrected chi connectivity index (χ4v) is 4.74. The average molecular weight is 411 g/mol. The van der Waals surface area contributed by atoms with Gasteiger partial charge < -0.3 is 0 Å². The molecule has 1 nitrogen and oxygen atoms in total. The largest absolute Gasteiger partial charge is 0.295 e. The number of hydrogen-bond donors (Lipinski definition) is 0. The lowest BCUT2D eigenvalue weighted by atomic mass is 10.0. The maximum Gasteiger partial charge on any atom is 0.140 e. The van der Waals surface area contributed by atoms with Crippen molar-refractivity contribution < 1.29 is 0 Å². The second-order valence-corrected chi connectivity index (χ2v) is 9.86. The highest BCUT2D eigenvalue weighted by Crippen LogP contribution is 2.30. The Kier molecular flexibility index (Phi) is 12.2. The van der Waals surface area contributed by atoms with Crippen LogP contribution in [0.1, 0.15) is 103 Å². The highest BCUT2D eigenvalue weighted by atomic mass is 15.3. The standard InChI is InChI=1S/C29H48N/c1-4-5-6-7-8-9-10-11-12-13-14-15-16-17-20-26-30(2,3)29-25-21-23-27-22-18-19-24-28(27)29/h18-19,21-25H,4-17,20,26H2,1-3H3/q+1. The van der Waals surface area contributed by atoms with E-state index in [1.54, 1.807) is 0 Å². The van der Waals surface area contributed by atoms with Gasteiger partial charge in [-0.05, 0) is 30.4 Å². The van der Waals surface area contributed by atoms with Gasteiger partial charge in [-0.2, -0.15) is 0 Å². The third kappa shape index (κ3) is 9.21. The SMILES string of the molecule is CCCCCCCCCCCCCCCCC[N+](C)(C)c1cccc2ccccc12. The van der Waals surface area contributed by atoms with Gasteiger partial charge >= 0.3 is 0 Å². The number of rotatable bonds is 17. The van der Waals surface area contributed by atoms with E-state index in [-0.39, 0.29) is 0 Å². The van der Waals surface area contributed by atoms with E-state index in [9.17, 15) is 0 Å². The van der Waals surface area contributed by atoms with Crippen LogP contribution in [0.3, 0.4) is 0 Å². The Hall–Kier alpha value is -1.34. The Balaban J connectivity index is 1.49. The van der Waals surface area contributed by atoms with Crippen LogP contribution in [-0.4, -0.2) is 20.6 Å². The normalized spacial score (nSPS) is 12.0. The van der Waals surface area contributed by atoms with Gasteiger partial charge in [-0.25, -0.2) is 0 Å². The number of unbranched alkanes of at least 4 members (excludes halogenated alkanes) is 14. The Morgan fingerprint density at radius 2 is 1.00 bits per heavy atom. The van der Waals surface area contributed by atoms with E-state index in [1.807, 2.05) is 0 Å². The summed E-state index contributed by atoms with van der Waals surface area (Å²) >= 11 is 0. The summed E-state index contributed by atoms with van der Waals surface area (Å²) in [5.41, 5.74) is 1.46. The van der Waals surface area contributed by atoms with E-state index in [0.29, 0.717) is 0 Å². The number of nitrogens with zero attached hydrogens (tertiary/aromatic N) is 1. The predicted octanol–water partition coefficient (Wildman–Crippen LogP) is 9.28. The zero-order valence-electron chi connectivity index (χ0n) is 20.3. The molecule has 0 unspecified atom stereocenters. The number of benzene rings is 2. The first-order chi connectivity index (χ1) is 14.6. The second-order valence-electron chi connectivity index (χ2n) is 9.86. The molecule has 0 N–H and O–H groups in total. The quantitative estimate of drug-likeness (QED) is 0.180. The third-order valence-electron chi connectivity index (χ3n) is 6.74. The molecule has 0 amide bonds. The molecule has 168 valence electrons. The summed E-state index contributed by atoms with van der Waals surface area (Å²) in [4.78, 5) is 0. The Morgan fingerprint density at radius 3 is 1.57 bits per heavy atom. The molecule has 0 aromatic heterocycles. The van der Waals surface area contributed by atoms with Crippen LogP contribution >= 0.6 is 0 Å².